The van der Waals surface area contributed by atoms with Gasteiger partial charge >= 0.3 is 0 Å². The number of phenols is 1. The summed E-state index contributed by atoms with van der Waals surface area (Å²) in [5, 5.41) is 9.27. The summed E-state index contributed by atoms with van der Waals surface area (Å²) < 4.78 is 4.89. The fraction of sp³-hybridized carbons (Fsp3) is 0.154. The molecule has 0 atom stereocenters. The van der Waals surface area contributed by atoms with Gasteiger partial charge < -0.3 is 14.4 Å². The van der Waals surface area contributed by atoms with E-state index in [1.165, 1.54) is 17.2 Å². The second-order valence-corrected chi connectivity index (χ2v) is 4.28. The van der Waals surface area contributed by atoms with Crippen LogP contribution in [-0.2, 0) is 6.54 Å². The van der Waals surface area contributed by atoms with Crippen LogP contribution in [-0.4, -0.2) is 23.0 Å². The standard InChI is InChI=1S/C13H12ClNO3/c1-15(8-9-2-4-10(16)5-3-9)13(17)11-6-7-18-12(11)14/h2-7,16H,8H2,1H3. The summed E-state index contributed by atoms with van der Waals surface area (Å²) in [5.41, 5.74) is 1.27. The highest BCUT2D eigenvalue weighted by Crippen LogP contribution is 2.19. The zero-order valence-electron chi connectivity index (χ0n) is 9.76. The van der Waals surface area contributed by atoms with E-state index in [1.807, 2.05) is 0 Å². The Morgan fingerprint density at radius 1 is 1.33 bits per heavy atom. The van der Waals surface area contributed by atoms with Crippen molar-refractivity contribution in [3.8, 4) is 5.75 Å². The zero-order valence-corrected chi connectivity index (χ0v) is 10.5. The van der Waals surface area contributed by atoms with Crippen molar-refractivity contribution >= 4 is 17.5 Å². The third-order valence-electron chi connectivity index (χ3n) is 2.55. The molecule has 18 heavy (non-hydrogen) atoms. The van der Waals surface area contributed by atoms with Gasteiger partial charge in [-0.3, -0.25) is 4.79 Å². The van der Waals surface area contributed by atoms with Crippen LogP contribution < -0.4 is 0 Å². The maximum absolute atomic E-state index is 12.0. The third kappa shape index (κ3) is 2.65. The molecule has 2 aromatic rings. The number of hydrogen-bond donors (Lipinski definition) is 1. The highest BCUT2D eigenvalue weighted by Gasteiger charge is 2.17. The van der Waals surface area contributed by atoms with Crippen molar-refractivity contribution in [3.63, 3.8) is 0 Å². The number of carbonyl (C=O) groups excluding carboxylic acids is 1. The van der Waals surface area contributed by atoms with E-state index >= 15 is 0 Å². The van der Waals surface area contributed by atoms with Crippen LogP contribution in [0.3, 0.4) is 0 Å². The van der Waals surface area contributed by atoms with Crippen LogP contribution in [0.2, 0.25) is 5.22 Å². The van der Waals surface area contributed by atoms with Gasteiger partial charge in [-0.2, -0.15) is 0 Å². The Bertz CT molecular complexity index is 548. The van der Waals surface area contributed by atoms with Crippen LogP contribution in [0.4, 0.5) is 0 Å². The van der Waals surface area contributed by atoms with Gasteiger partial charge in [-0.1, -0.05) is 12.1 Å². The molecule has 0 spiro atoms. The first-order chi connectivity index (χ1) is 8.58. The van der Waals surface area contributed by atoms with Crippen molar-refractivity contribution in [2.24, 2.45) is 0 Å². The molecule has 0 fully saturated rings. The van der Waals surface area contributed by atoms with Gasteiger partial charge in [-0.25, -0.2) is 0 Å². The first kappa shape index (κ1) is 12.5. The summed E-state index contributed by atoms with van der Waals surface area (Å²) in [5.74, 6) is -0.00701. The second kappa shape index (κ2) is 5.14. The van der Waals surface area contributed by atoms with Crippen molar-refractivity contribution in [1.82, 2.24) is 4.90 Å². The van der Waals surface area contributed by atoms with Crippen molar-refractivity contribution < 1.29 is 14.3 Å². The highest BCUT2D eigenvalue weighted by molar-refractivity contribution is 6.32. The Morgan fingerprint density at radius 2 is 2.00 bits per heavy atom. The van der Waals surface area contributed by atoms with E-state index in [2.05, 4.69) is 0 Å². The van der Waals surface area contributed by atoms with Gasteiger partial charge in [0.2, 0.25) is 5.22 Å². The van der Waals surface area contributed by atoms with Crippen LogP contribution in [0.1, 0.15) is 15.9 Å². The molecule has 94 valence electrons. The predicted octanol–water partition coefficient (Wildman–Crippen LogP) is 2.91. The lowest BCUT2D eigenvalue weighted by Crippen LogP contribution is -2.25. The summed E-state index contributed by atoms with van der Waals surface area (Å²) in [4.78, 5) is 13.6. The van der Waals surface area contributed by atoms with Gasteiger partial charge in [-0.15, -0.1) is 0 Å². The lowest BCUT2D eigenvalue weighted by molar-refractivity contribution is 0.0784. The number of phenolic OH excluding ortho intramolecular Hbond substituents is 1. The number of furan rings is 1. The quantitative estimate of drug-likeness (QED) is 0.928. The molecule has 4 nitrogen and oxygen atoms in total. The summed E-state index contributed by atoms with van der Waals surface area (Å²) in [6, 6.07) is 8.22. The van der Waals surface area contributed by atoms with Gasteiger partial charge in [-0.05, 0) is 35.4 Å². The monoisotopic (exact) mass is 265 g/mol. The first-order valence-corrected chi connectivity index (χ1v) is 5.72. The molecular weight excluding hydrogens is 254 g/mol. The second-order valence-electron chi connectivity index (χ2n) is 3.94. The average Bonchev–Trinajstić information content (AvgIpc) is 2.77. The van der Waals surface area contributed by atoms with E-state index in [4.69, 9.17) is 16.0 Å². The average molecular weight is 266 g/mol. The minimum atomic E-state index is -0.207. The smallest absolute Gasteiger partial charge is 0.258 e. The highest BCUT2D eigenvalue weighted by atomic mass is 35.5. The van der Waals surface area contributed by atoms with Gasteiger partial charge in [0, 0.05) is 13.6 Å². The summed E-state index contributed by atoms with van der Waals surface area (Å²) in [6.07, 6.45) is 1.38. The fourth-order valence-electron chi connectivity index (χ4n) is 1.60. The molecule has 0 radical (unpaired) electrons. The van der Waals surface area contributed by atoms with Crippen molar-refractivity contribution in [2.45, 2.75) is 6.54 Å². The molecule has 0 unspecified atom stereocenters. The van der Waals surface area contributed by atoms with Crippen LogP contribution in [0, 0.1) is 0 Å². The number of rotatable bonds is 3. The minimum Gasteiger partial charge on any atom is -0.508 e. The largest absolute Gasteiger partial charge is 0.508 e. The van der Waals surface area contributed by atoms with Crippen LogP contribution in [0.15, 0.2) is 41.0 Å². The van der Waals surface area contributed by atoms with Gasteiger partial charge in [0.1, 0.15) is 5.75 Å². The summed E-state index contributed by atoms with van der Waals surface area (Å²) in [7, 11) is 1.68. The minimum absolute atomic E-state index is 0.0950. The van der Waals surface area contributed by atoms with Crippen LogP contribution >= 0.6 is 11.6 Å². The fourth-order valence-corrected chi connectivity index (χ4v) is 1.79. The molecule has 0 saturated heterocycles. The molecular formula is C13H12ClNO3. The van der Waals surface area contributed by atoms with E-state index in [1.54, 1.807) is 31.3 Å². The van der Waals surface area contributed by atoms with Gasteiger partial charge in [0.05, 0.1) is 11.8 Å². The summed E-state index contributed by atoms with van der Waals surface area (Å²) in [6.45, 7) is 0.431. The van der Waals surface area contributed by atoms with E-state index in [0.717, 1.165) is 5.56 Å². The maximum Gasteiger partial charge on any atom is 0.258 e. The Labute approximate surface area is 109 Å². The number of halogens is 1. The van der Waals surface area contributed by atoms with E-state index < -0.39 is 0 Å². The molecule has 1 N–H and O–H groups in total. The van der Waals surface area contributed by atoms with E-state index in [0.29, 0.717) is 12.1 Å². The normalized spacial score (nSPS) is 10.3. The number of aromatic hydroxyl groups is 1. The number of amides is 1. The van der Waals surface area contributed by atoms with Crippen molar-refractivity contribution in [1.29, 1.82) is 0 Å². The Kier molecular flexibility index (Phi) is 3.58. The molecule has 0 bridgehead atoms. The lowest BCUT2D eigenvalue weighted by atomic mass is 10.2. The first-order valence-electron chi connectivity index (χ1n) is 5.34. The maximum atomic E-state index is 12.0. The van der Waals surface area contributed by atoms with E-state index in [9.17, 15) is 9.90 Å². The van der Waals surface area contributed by atoms with Crippen LogP contribution in [0.25, 0.3) is 0 Å². The number of benzene rings is 1. The number of carbonyl (C=O) groups is 1. The number of nitrogens with zero attached hydrogens (tertiary/aromatic N) is 1. The van der Waals surface area contributed by atoms with Crippen molar-refractivity contribution in [2.75, 3.05) is 7.05 Å². The molecule has 0 aliphatic rings. The van der Waals surface area contributed by atoms with Gasteiger partial charge in [0.25, 0.3) is 5.91 Å². The third-order valence-corrected chi connectivity index (χ3v) is 2.84. The molecule has 0 aliphatic heterocycles. The zero-order chi connectivity index (χ0) is 13.1. The Morgan fingerprint density at radius 3 is 2.56 bits per heavy atom. The van der Waals surface area contributed by atoms with Crippen molar-refractivity contribution in [3.05, 3.63) is 52.9 Å². The molecule has 2 rings (SSSR count). The molecule has 5 heteroatoms. The lowest BCUT2D eigenvalue weighted by Gasteiger charge is -2.16. The molecule has 0 saturated carbocycles. The van der Waals surface area contributed by atoms with E-state index in [-0.39, 0.29) is 16.9 Å². The molecule has 1 aromatic carbocycles. The predicted molar refractivity (Wildman–Crippen MR) is 67.6 cm³/mol. The van der Waals surface area contributed by atoms with Gasteiger partial charge in [0.15, 0.2) is 0 Å². The number of hydrogen-bond acceptors (Lipinski definition) is 3. The Hall–Kier alpha value is -1.94. The van der Waals surface area contributed by atoms with Crippen LogP contribution in [0.5, 0.6) is 5.75 Å². The molecule has 1 heterocycles. The Balaban J connectivity index is 2.08. The molecule has 1 amide bonds. The SMILES string of the molecule is CN(Cc1ccc(O)cc1)C(=O)c1ccoc1Cl. The molecule has 0 aliphatic carbocycles. The topological polar surface area (TPSA) is 53.7 Å². The summed E-state index contributed by atoms with van der Waals surface area (Å²) >= 11 is 5.76. The molecule has 1 aromatic heterocycles.